The van der Waals surface area contributed by atoms with Crippen LogP contribution in [-0.2, 0) is 0 Å². The monoisotopic (exact) mass is 212 g/mol. The van der Waals surface area contributed by atoms with Gasteiger partial charge in [-0.05, 0) is 12.1 Å². The second-order valence-electron chi connectivity index (χ2n) is 2.71. The maximum Gasteiger partial charge on any atom is 0.339 e. The molecule has 0 unspecified atom stereocenters. The molecule has 0 aliphatic carbocycles. The van der Waals surface area contributed by atoms with Crippen LogP contribution in [0.5, 0.6) is 11.5 Å². The van der Waals surface area contributed by atoms with E-state index in [0.717, 1.165) is 0 Å². The average molecular weight is 212 g/mol. The van der Waals surface area contributed by atoms with Gasteiger partial charge in [0.15, 0.2) is 11.5 Å². The van der Waals surface area contributed by atoms with E-state index in [0.29, 0.717) is 5.75 Å². The van der Waals surface area contributed by atoms with Gasteiger partial charge in [-0.15, -0.1) is 0 Å². The Morgan fingerprint density at radius 2 is 2.20 bits per heavy atom. The number of carbonyl (C=O) groups is 1. The Balaban J connectivity index is 3.08. The summed E-state index contributed by atoms with van der Waals surface area (Å²) in [6.45, 7) is -0.155. The lowest BCUT2D eigenvalue weighted by Crippen LogP contribution is -2.08. The molecule has 15 heavy (non-hydrogen) atoms. The van der Waals surface area contributed by atoms with Crippen LogP contribution in [0.3, 0.4) is 0 Å². The smallest absolute Gasteiger partial charge is 0.339 e. The molecule has 1 aromatic rings. The van der Waals surface area contributed by atoms with Gasteiger partial charge in [-0.1, -0.05) is 6.07 Å². The summed E-state index contributed by atoms with van der Waals surface area (Å²) in [6, 6.07) is 4.57. The van der Waals surface area contributed by atoms with Crippen molar-refractivity contribution >= 4 is 5.97 Å². The molecule has 0 bridgehead atoms. The Labute approximate surface area is 86.9 Å². The van der Waals surface area contributed by atoms with E-state index in [9.17, 15) is 4.79 Å². The van der Waals surface area contributed by atoms with Gasteiger partial charge in [0.25, 0.3) is 0 Å². The molecule has 1 aromatic carbocycles. The Morgan fingerprint density at radius 3 is 2.73 bits per heavy atom. The second-order valence-corrected chi connectivity index (χ2v) is 2.71. The van der Waals surface area contributed by atoms with Gasteiger partial charge >= 0.3 is 5.97 Å². The predicted molar refractivity (Wildman–Crippen MR) is 52.5 cm³/mol. The maximum atomic E-state index is 10.9. The lowest BCUT2D eigenvalue weighted by atomic mass is 10.2. The summed E-state index contributed by atoms with van der Waals surface area (Å²) in [5, 5.41) is 17.5. The van der Waals surface area contributed by atoms with Gasteiger partial charge < -0.3 is 19.7 Å². The van der Waals surface area contributed by atoms with Crippen molar-refractivity contribution in [2.75, 3.05) is 20.3 Å². The van der Waals surface area contributed by atoms with Crippen LogP contribution in [0, 0.1) is 0 Å². The van der Waals surface area contributed by atoms with Crippen molar-refractivity contribution in [1.82, 2.24) is 0 Å². The van der Waals surface area contributed by atoms with Crippen LogP contribution in [0.4, 0.5) is 0 Å². The highest BCUT2D eigenvalue weighted by Crippen LogP contribution is 2.30. The molecule has 5 nitrogen and oxygen atoms in total. The molecule has 0 heterocycles. The highest BCUT2D eigenvalue weighted by Gasteiger charge is 2.15. The van der Waals surface area contributed by atoms with Crippen molar-refractivity contribution in [3.05, 3.63) is 23.8 Å². The molecule has 0 aromatic heterocycles. The number of para-hydroxylation sites is 1. The zero-order chi connectivity index (χ0) is 11.3. The zero-order valence-electron chi connectivity index (χ0n) is 8.27. The Kier molecular flexibility index (Phi) is 3.93. The third-order valence-electron chi connectivity index (χ3n) is 1.77. The summed E-state index contributed by atoms with van der Waals surface area (Å²) in [6.07, 6.45) is 0. The first kappa shape index (κ1) is 11.3. The molecule has 2 N–H and O–H groups in total. The molecule has 0 aliphatic heterocycles. The summed E-state index contributed by atoms with van der Waals surface area (Å²) in [5.41, 5.74) is 0.0165. The van der Waals surface area contributed by atoms with E-state index in [1.165, 1.54) is 13.2 Å². The molecule has 0 radical (unpaired) electrons. The fourth-order valence-electron chi connectivity index (χ4n) is 1.14. The van der Waals surface area contributed by atoms with Crippen LogP contribution in [0.15, 0.2) is 18.2 Å². The predicted octanol–water partition coefficient (Wildman–Crippen LogP) is 0.764. The third kappa shape index (κ3) is 2.60. The standard InChI is InChI=1S/C10H12O5/c1-14-8-4-2-3-7(10(12)13)9(8)15-6-5-11/h2-4,11H,5-6H2,1H3,(H,12,13). The molecular weight excluding hydrogens is 200 g/mol. The van der Waals surface area contributed by atoms with E-state index >= 15 is 0 Å². The van der Waals surface area contributed by atoms with E-state index in [-0.39, 0.29) is 24.5 Å². The van der Waals surface area contributed by atoms with Gasteiger partial charge in [0.2, 0.25) is 0 Å². The Hall–Kier alpha value is -1.75. The summed E-state index contributed by atoms with van der Waals surface area (Å²) in [7, 11) is 1.42. The van der Waals surface area contributed by atoms with Crippen LogP contribution < -0.4 is 9.47 Å². The maximum absolute atomic E-state index is 10.9. The molecule has 0 saturated carbocycles. The minimum absolute atomic E-state index is 0.0165. The highest BCUT2D eigenvalue weighted by atomic mass is 16.5. The third-order valence-corrected chi connectivity index (χ3v) is 1.77. The number of hydrogen-bond donors (Lipinski definition) is 2. The fourth-order valence-corrected chi connectivity index (χ4v) is 1.14. The van der Waals surface area contributed by atoms with E-state index in [2.05, 4.69) is 0 Å². The number of methoxy groups -OCH3 is 1. The highest BCUT2D eigenvalue weighted by molar-refractivity contribution is 5.92. The number of benzene rings is 1. The number of rotatable bonds is 5. The number of aromatic carboxylic acids is 1. The largest absolute Gasteiger partial charge is 0.493 e. The van der Waals surface area contributed by atoms with Gasteiger partial charge in [0.05, 0.1) is 13.7 Å². The molecule has 0 spiro atoms. The van der Waals surface area contributed by atoms with E-state index in [4.69, 9.17) is 19.7 Å². The number of carboxylic acid groups (broad SMARTS) is 1. The minimum Gasteiger partial charge on any atom is -0.493 e. The number of aliphatic hydroxyl groups excluding tert-OH is 1. The molecular formula is C10H12O5. The normalized spacial score (nSPS) is 9.73. The van der Waals surface area contributed by atoms with Crippen LogP contribution in [0.2, 0.25) is 0 Å². The number of aliphatic hydroxyl groups is 1. The van der Waals surface area contributed by atoms with Gasteiger partial charge in [-0.25, -0.2) is 4.79 Å². The number of carboxylic acids is 1. The molecule has 0 fully saturated rings. The van der Waals surface area contributed by atoms with Gasteiger partial charge in [0.1, 0.15) is 12.2 Å². The Bertz CT molecular complexity index is 348. The minimum atomic E-state index is -1.10. The first-order chi connectivity index (χ1) is 7.20. The topological polar surface area (TPSA) is 76.0 Å². The van der Waals surface area contributed by atoms with Crippen molar-refractivity contribution in [2.45, 2.75) is 0 Å². The molecule has 0 amide bonds. The van der Waals surface area contributed by atoms with Crippen molar-refractivity contribution in [2.24, 2.45) is 0 Å². The second kappa shape index (κ2) is 5.21. The first-order valence-corrected chi connectivity index (χ1v) is 4.34. The lowest BCUT2D eigenvalue weighted by molar-refractivity contribution is 0.0689. The van der Waals surface area contributed by atoms with Crippen molar-refractivity contribution < 1.29 is 24.5 Å². The van der Waals surface area contributed by atoms with Crippen molar-refractivity contribution in [3.8, 4) is 11.5 Å². The summed E-state index contributed by atoms with van der Waals surface area (Å²) >= 11 is 0. The van der Waals surface area contributed by atoms with Crippen LogP contribution in [-0.4, -0.2) is 36.5 Å². The molecule has 0 atom stereocenters. The average Bonchev–Trinajstić information content (AvgIpc) is 2.25. The van der Waals surface area contributed by atoms with Gasteiger partial charge in [-0.2, -0.15) is 0 Å². The molecule has 1 rings (SSSR count). The SMILES string of the molecule is COc1cccc(C(=O)O)c1OCCO. The van der Waals surface area contributed by atoms with Crippen molar-refractivity contribution in [3.63, 3.8) is 0 Å². The number of ether oxygens (including phenoxy) is 2. The van der Waals surface area contributed by atoms with Crippen molar-refractivity contribution in [1.29, 1.82) is 0 Å². The van der Waals surface area contributed by atoms with E-state index in [1.54, 1.807) is 12.1 Å². The molecule has 0 aliphatic rings. The zero-order valence-corrected chi connectivity index (χ0v) is 8.27. The summed E-state index contributed by atoms with van der Waals surface area (Å²) < 4.78 is 10.1. The molecule has 5 heteroatoms. The molecule has 82 valence electrons. The fraction of sp³-hybridized carbons (Fsp3) is 0.300. The van der Waals surface area contributed by atoms with Gasteiger partial charge in [-0.3, -0.25) is 0 Å². The quantitative estimate of drug-likeness (QED) is 0.753. The van der Waals surface area contributed by atoms with E-state index < -0.39 is 5.97 Å². The first-order valence-electron chi connectivity index (χ1n) is 4.34. The van der Waals surface area contributed by atoms with Crippen LogP contribution in [0.25, 0.3) is 0 Å². The van der Waals surface area contributed by atoms with Crippen LogP contribution in [0.1, 0.15) is 10.4 Å². The van der Waals surface area contributed by atoms with Gasteiger partial charge in [0, 0.05) is 0 Å². The Morgan fingerprint density at radius 1 is 1.47 bits per heavy atom. The number of hydrogen-bond acceptors (Lipinski definition) is 4. The van der Waals surface area contributed by atoms with Crippen LogP contribution >= 0.6 is 0 Å². The summed E-state index contributed by atoms with van der Waals surface area (Å²) in [5.74, 6) is -0.619. The lowest BCUT2D eigenvalue weighted by Gasteiger charge is -2.11. The molecule has 0 saturated heterocycles. The van der Waals surface area contributed by atoms with E-state index in [1.807, 2.05) is 0 Å². The summed E-state index contributed by atoms with van der Waals surface area (Å²) in [4.78, 5) is 10.9.